The zero-order chi connectivity index (χ0) is 25.2. The normalized spacial score (nSPS) is 14.6. The summed E-state index contributed by atoms with van der Waals surface area (Å²) < 4.78 is 5.38. The highest BCUT2D eigenvalue weighted by molar-refractivity contribution is 8.18. The Morgan fingerprint density at radius 2 is 1.67 bits per heavy atom. The van der Waals surface area contributed by atoms with E-state index in [1.807, 2.05) is 42.5 Å². The minimum atomic E-state index is -0.612. The quantitative estimate of drug-likeness (QED) is 0.150. The summed E-state index contributed by atoms with van der Waals surface area (Å²) in [5.41, 5.74) is 1.80. The number of nitrogens with zero attached hydrogens (tertiary/aromatic N) is 1. The van der Waals surface area contributed by atoms with E-state index in [1.54, 1.807) is 36.4 Å². The number of carbonyl (C=O) groups excluding carboxylic acids is 3. The van der Waals surface area contributed by atoms with Crippen molar-refractivity contribution in [2.24, 2.45) is 0 Å². The van der Waals surface area contributed by atoms with Crippen molar-refractivity contribution in [3.05, 3.63) is 117 Å². The van der Waals surface area contributed by atoms with Gasteiger partial charge < -0.3 is 4.74 Å². The van der Waals surface area contributed by atoms with Crippen LogP contribution in [0.15, 0.2) is 89.8 Å². The van der Waals surface area contributed by atoms with Gasteiger partial charge >= 0.3 is 5.97 Å². The molecule has 1 saturated heterocycles. The molecule has 1 heterocycles. The molecule has 4 aromatic rings. The number of amides is 2. The summed E-state index contributed by atoms with van der Waals surface area (Å²) in [4.78, 5) is 39.6. The standard InChI is InChI=1S/C28H17Cl2NO4S/c29-20-10-13-23(24(30)15-20)27(33)35-21-11-8-17(9-12-21)14-25-26(32)31(28(34)36-25)16-19-6-3-5-18-4-1-2-7-22(18)19/h1-15H,16H2/b25-14-. The van der Waals surface area contributed by atoms with Crippen molar-refractivity contribution in [1.82, 2.24) is 4.90 Å². The summed E-state index contributed by atoms with van der Waals surface area (Å²) in [7, 11) is 0. The second-order valence-corrected chi connectivity index (χ2v) is 9.83. The molecule has 178 valence electrons. The average Bonchev–Trinajstić information content (AvgIpc) is 3.12. The summed E-state index contributed by atoms with van der Waals surface area (Å²) in [6.45, 7) is 0.200. The molecule has 0 atom stereocenters. The number of ether oxygens (including phenoxy) is 1. The Balaban J connectivity index is 1.29. The lowest BCUT2D eigenvalue weighted by molar-refractivity contribution is -0.123. The van der Waals surface area contributed by atoms with Gasteiger partial charge in [0.25, 0.3) is 11.1 Å². The van der Waals surface area contributed by atoms with E-state index in [2.05, 4.69) is 0 Å². The zero-order valence-corrected chi connectivity index (χ0v) is 20.9. The molecule has 1 aliphatic heterocycles. The fraction of sp³-hybridized carbons (Fsp3) is 0.0357. The van der Waals surface area contributed by atoms with Crippen LogP contribution >= 0.6 is 35.0 Å². The number of imide groups is 1. The number of rotatable bonds is 5. The largest absolute Gasteiger partial charge is 0.423 e. The molecule has 5 rings (SSSR count). The molecule has 5 nitrogen and oxygen atoms in total. The Labute approximate surface area is 221 Å². The molecule has 4 aromatic carbocycles. The first kappa shape index (κ1) is 24.1. The Bertz CT molecular complexity index is 1540. The van der Waals surface area contributed by atoms with Crippen LogP contribution in [0, 0.1) is 0 Å². The lowest BCUT2D eigenvalue weighted by atomic mass is 10.0. The zero-order valence-electron chi connectivity index (χ0n) is 18.6. The maximum Gasteiger partial charge on any atom is 0.345 e. The Kier molecular flexibility index (Phi) is 6.83. The molecule has 0 aromatic heterocycles. The minimum absolute atomic E-state index is 0.198. The van der Waals surface area contributed by atoms with Gasteiger partial charge in [-0.15, -0.1) is 0 Å². The van der Waals surface area contributed by atoms with E-state index in [1.165, 1.54) is 17.0 Å². The lowest BCUT2D eigenvalue weighted by Gasteiger charge is -2.14. The highest BCUT2D eigenvalue weighted by atomic mass is 35.5. The molecule has 0 N–H and O–H groups in total. The lowest BCUT2D eigenvalue weighted by Crippen LogP contribution is -2.27. The van der Waals surface area contributed by atoms with E-state index < -0.39 is 5.97 Å². The van der Waals surface area contributed by atoms with Crippen LogP contribution in [0.3, 0.4) is 0 Å². The van der Waals surface area contributed by atoms with Crippen molar-refractivity contribution in [2.45, 2.75) is 6.54 Å². The minimum Gasteiger partial charge on any atom is -0.423 e. The Morgan fingerprint density at radius 1 is 0.917 bits per heavy atom. The van der Waals surface area contributed by atoms with Crippen LogP contribution in [-0.2, 0) is 11.3 Å². The molecule has 2 amide bonds. The van der Waals surface area contributed by atoms with Crippen LogP contribution in [0.5, 0.6) is 5.75 Å². The van der Waals surface area contributed by atoms with Crippen LogP contribution in [0.4, 0.5) is 4.79 Å². The SMILES string of the molecule is O=C(Oc1ccc(/C=C2\SC(=O)N(Cc3cccc4ccccc34)C2=O)cc1)c1ccc(Cl)cc1Cl. The highest BCUT2D eigenvalue weighted by Crippen LogP contribution is 2.34. The molecule has 0 spiro atoms. The van der Waals surface area contributed by atoms with Crippen molar-refractivity contribution in [1.29, 1.82) is 0 Å². The monoisotopic (exact) mass is 533 g/mol. The van der Waals surface area contributed by atoms with Gasteiger partial charge in [0.1, 0.15) is 5.75 Å². The fourth-order valence-electron chi connectivity index (χ4n) is 3.84. The molecular weight excluding hydrogens is 517 g/mol. The average molecular weight is 534 g/mol. The first-order chi connectivity index (χ1) is 17.4. The van der Waals surface area contributed by atoms with Crippen LogP contribution in [0.1, 0.15) is 21.5 Å². The van der Waals surface area contributed by atoms with Crippen molar-refractivity contribution in [2.75, 3.05) is 0 Å². The summed E-state index contributed by atoms with van der Waals surface area (Å²) in [5, 5.41) is 2.36. The van der Waals surface area contributed by atoms with Crippen LogP contribution < -0.4 is 4.74 Å². The van der Waals surface area contributed by atoms with Crippen LogP contribution in [-0.4, -0.2) is 22.0 Å². The van der Waals surface area contributed by atoms with Crippen LogP contribution in [0.25, 0.3) is 16.8 Å². The molecule has 0 aliphatic carbocycles. The molecule has 0 saturated carbocycles. The number of hydrogen-bond acceptors (Lipinski definition) is 5. The molecule has 36 heavy (non-hydrogen) atoms. The summed E-state index contributed by atoms with van der Waals surface area (Å²) >= 11 is 12.8. The van der Waals surface area contributed by atoms with E-state index >= 15 is 0 Å². The van der Waals surface area contributed by atoms with Gasteiger partial charge in [-0.05, 0) is 70.1 Å². The van der Waals surface area contributed by atoms with Gasteiger partial charge in [-0.2, -0.15) is 0 Å². The summed E-state index contributed by atoms with van der Waals surface area (Å²) in [5.74, 6) is -0.642. The van der Waals surface area contributed by atoms with Gasteiger partial charge in [0.05, 0.1) is 22.0 Å². The van der Waals surface area contributed by atoms with Crippen molar-refractivity contribution in [3.8, 4) is 5.75 Å². The summed E-state index contributed by atoms with van der Waals surface area (Å²) in [6.07, 6.45) is 1.65. The van der Waals surface area contributed by atoms with E-state index in [-0.39, 0.29) is 28.3 Å². The van der Waals surface area contributed by atoms with Gasteiger partial charge in [-0.25, -0.2) is 4.79 Å². The number of halogens is 2. The highest BCUT2D eigenvalue weighted by Gasteiger charge is 2.35. The second-order valence-electron chi connectivity index (χ2n) is 7.99. The third kappa shape index (κ3) is 5.02. The molecule has 0 unspecified atom stereocenters. The van der Waals surface area contributed by atoms with Crippen LogP contribution in [0.2, 0.25) is 10.0 Å². The van der Waals surface area contributed by atoms with E-state index in [4.69, 9.17) is 27.9 Å². The number of thioether (sulfide) groups is 1. The van der Waals surface area contributed by atoms with Gasteiger partial charge in [-0.1, -0.05) is 77.8 Å². The van der Waals surface area contributed by atoms with Gasteiger partial charge in [0, 0.05) is 5.02 Å². The van der Waals surface area contributed by atoms with Gasteiger partial charge in [0.2, 0.25) is 0 Å². The number of esters is 1. The van der Waals surface area contributed by atoms with Gasteiger partial charge in [0.15, 0.2) is 0 Å². The third-order valence-electron chi connectivity index (χ3n) is 5.62. The molecule has 1 fully saturated rings. The Hall–Kier alpha value is -3.58. The predicted molar refractivity (Wildman–Crippen MR) is 143 cm³/mol. The molecule has 1 aliphatic rings. The molecule has 0 radical (unpaired) electrons. The molecule has 8 heteroatoms. The first-order valence-corrected chi connectivity index (χ1v) is 12.5. The van der Waals surface area contributed by atoms with Crippen molar-refractivity contribution < 1.29 is 19.1 Å². The van der Waals surface area contributed by atoms with E-state index in [9.17, 15) is 14.4 Å². The number of carbonyl (C=O) groups is 3. The maximum atomic E-state index is 13.0. The predicted octanol–water partition coefficient (Wildman–Crippen LogP) is 7.60. The topological polar surface area (TPSA) is 63.7 Å². The van der Waals surface area contributed by atoms with E-state index in [0.29, 0.717) is 21.2 Å². The molecule has 0 bridgehead atoms. The van der Waals surface area contributed by atoms with Crippen molar-refractivity contribution >= 4 is 68.9 Å². The smallest absolute Gasteiger partial charge is 0.345 e. The van der Waals surface area contributed by atoms with E-state index in [0.717, 1.165) is 28.1 Å². The Morgan fingerprint density at radius 3 is 2.44 bits per heavy atom. The van der Waals surface area contributed by atoms with Gasteiger partial charge in [-0.3, -0.25) is 14.5 Å². The maximum absolute atomic E-state index is 13.0. The first-order valence-electron chi connectivity index (χ1n) is 10.9. The second kappa shape index (κ2) is 10.2. The van der Waals surface area contributed by atoms with Crippen molar-refractivity contribution in [3.63, 3.8) is 0 Å². The molecular formula is C28H17Cl2NO4S. The number of benzene rings is 4. The number of hydrogen-bond donors (Lipinski definition) is 0. The number of fused-ring (bicyclic) bond motifs is 1. The third-order valence-corrected chi connectivity index (χ3v) is 7.08. The summed E-state index contributed by atoms with van der Waals surface area (Å²) in [6, 6.07) is 24.8. The fourth-order valence-corrected chi connectivity index (χ4v) is 5.16.